The van der Waals surface area contributed by atoms with Crippen molar-refractivity contribution in [1.82, 2.24) is 5.16 Å². The zero-order chi connectivity index (χ0) is 13.4. The summed E-state index contributed by atoms with van der Waals surface area (Å²) < 4.78 is 10.6. The van der Waals surface area contributed by atoms with Crippen LogP contribution in [0.4, 0.5) is 5.88 Å². The SMILES string of the molecule is COc1cc(C)c2c(c1-c1cnoc1N)CCCC2. The van der Waals surface area contributed by atoms with Gasteiger partial charge in [0.05, 0.1) is 18.9 Å². The molecule has 0 fully saturated rings. The van der Waals surface area contributed by atoms with Gasteiger partial charge in [0, 0.05) is 5.56 Å². The Labute approximate surface area is 112 Å². The molecule has 1 aliphatic rings. The number of nitrogen functional groups attached to an aromatic ring is 1. The molecular weight excluding hydrogens is 240 g/mol. The second-order valence-corrected chi connectivity index (χ2v) is 5.04. The number of methoxy groups -OCH3 is 1. The number of nitrogens with two attached hydrogens (primary N) is 1. The quantitative estimate of drug-likeness (QED) is 0.899. The van der Waals surface area contributed by atoms with Crippen molar-refractivity contribution in [2.75, 3.05) is 12.8 Å². The Morgan fingerprint density at radius 3 is 2.63 bits per heavy atom. The van der Waals surface area contributed by atoms with E-state index in [1.54, 1.807) is 13.3 Å². The van der Waals surface area contributed by atoms with E-state index in [9.17, 15) is 0 Å². The van der Waals surface area contributed by atoms with Gasteiger partial charge in [-0.2, -0.15) is 0 Å². The number of benzene rings is 1. The molecule has 1 aromatic carbocycles. The highest BCUT2D eigenvalue weighted by Crippen LogP contribution is 2.42. The summed E-state index contributed by atoms with van der Waals surface area (Å²) in [5, 5.41) is 3.79. The molecule has 0 atom stereocenters. The Morgan fingerprint density at radius 2 is 2.00 bits per heavy atom. The van der Waals surface area contributed by atoms with Crippen molar-refractivity contribution in [2.24, 2.45) is 0 Å². The van der Waals surface area contributed by atoms with Crippen LogP contribution in [0.2, 0.25) is 0 Å². The Bertz CT molecular complexity index is 617. The summed E-state index contributed by atoms with van der Waals surface area (Å²) in [6.07, 6.45) is 6.32. The third-order valence-corrected chi connectivity index (χ3v) is 3.93. The van der Waals surface area contributed by atoms with Crippen molar-refractivity contribution in [3.8, 4) is 16.9 Å². The zero-order valence-electron chi connectivity index (χ0n) is 11.3. The third-order valence-electron chi connectivity index (χ3n) is 3.93. The Morgan fingerprint density at radius 1 is 1.26 bits per heavy atom. The molecule has 1 heterocycles. The van der Waals surface area contributed by atoms with Crippen LogP contribution >= 0.6 is 0 Å². The van der Waals surface area contributed by atoms with Crippen molar-refractivity contribution in [3.63, 3.8) is 0 Å². The number of aromatic nitrogens is 1. The highest BCUT2D eigenvalue weighted by Gasteiger charge is 2.23. The van der Waals surface area contributed by atoms with E-state index in [2.05, 4.69) is 18.1 Å². The largest absolute Gasteiger partial charge is 0.496 e. The maximum atomic E-state index is 5.88. The number of ether oxygens (including phenoxy) is 1. The number of hydrogen-bond acceptors (Lipinski definition) is 4. The monoisotopic (exact) mass is 258 g/mol. The van der Waals surface area contributed by atoms with Gasteiger partial charge in [0.15, 0.2) is 0 Å². The highest BCUT2D eigenvalue weighted by molar-refractivity contribution is 5.81. The summed E-state index contributed by atoms with van der Waals surface area (Å²) in [4.78, 5) is 0. The molecule has 0 unspecified atom stereocenters. The van der Waals surface area contributed by atoms with Gasteiger partial charge in [0.2, 0.25) is 5.88 Å². The van der Waals surface area contributed by atoms with E-state index in [1.807, 2.05) is 0 Å². The summed E-state index contributed by atoms with van der Waals surface area (Å²) in [5.41, 5.74) is 11.9. The normalized spacial score (nSPS) is 14.2. The molecule has 100 valence electrons. The number of aryl methyl sites for hydroxylation is 1. The molecule has 1 aliphatic carbocycles. The van der Waals surface area contributed by atoms with Crippen LogP contribution in [0.15, 0.2) is 16.8 Å². The average Bonchev–Trinajstić information content (AvgIpc) is 2.85. The number of rotatable bonds is 2. The molecule has 1 aromatic heterocycles. The number of fused-ring (bicyclic) bond motifs is 1. The number of hydrogen-bond donors (Lipinski definition) is 1. The Hall–Kier alpha value is -1.97. The van der Waals surface area contributed by atoms with Gasteiger partial charge in [0.1, 0.15) is 5.75 Å². The lowest BCUT2D eigenvalue weighted by atomic mass is 9.83. The zero-order valence-corrected chi connectivity index (χ0v) is 11.3. The molecule has 0 aliphatic heterocycles. The third kappa shape index (κ3) is 1.87. The first-order valence-electron chi connectivity index (χ1n) is 6.62. The predicted octanol–water partition coefficient (Wildman–Crippen LogP) is 3.12. The summed E-state index contributed by atoms with van der Waals surface area (Å²) in [6, 6.07) is 2.09. The van der Waals surface area contributed by atoms with Crippen molar-refractivity contribution < 1.29 is 9.26 Å². The molecule has 4 heteroatoms. The van der Waals surface area contributed by atoms with Gasteiger partial charge in [0.25, 0.3) is 0 Å². The first-order chi connectivity index (χ1) is 9.22. The summed E-state index contributed by atoms with van der Waals surface area (Å²) in [7, 11) is 1.69. The summed E-state index contributed by atoms with van der Waals surface area (Å²) >= 11 is 0. The van der Waals surface area contributed by atoms with Gasteiger partial charge < -0.3 is 15.0 Å². The summed E-state index contributed by atoms with van der Waals surface area (Å²) in [6.45, 7) is 2.15. The molecular formula is C15H18N2O2. The van der Waals surface area contributed by atoms with E-state index < -0.39 is 0 Å². The minimum Gasteiger partial charge on any atom is -0.496 e. The van der Waals surface area contributed by atoms with Crippen LogP contribution in [0, 0.1) is 6.92 Å². The lowest BCUT2D eigenvalue weighted by molar-refractivity contribution is 0.415. The highest BCUT2D eigenvalue weighted by atomic mass is 16.5. The fourth-order valence-corrected chi connectivity index (χ4v) is 3.01. The molecule has 3 rings (SSSR count). The van der Waals surface area contributed by atoms with Gasteiger partial charge >= 0.3 is 0 Å². The molecule has 0 spiro atoms. The molecule has 4 nitrogen and oxygen atoms in total. The van der Waals surface area contributed by atoms with Gasteiger partial charge in [-0.1, -0.05) is 5.16 Å². The van der Waals surface area contributed by atoms with Crippen molar-refractivity contribution >= 4 is 5.88 Å². The second-order valence-electron chi connectivity index (χ2n) is 5.04. The first kappa shape index (κ1) is 12.1. The molecule has 2 aromatic rings. The number of nitrogens with zero attached hydrogens (tertiary/aromatic N) is 1. The van der Waals surface area contributed by atoms with Crippen molar-refractivity contribution in [3.05, 3.63) is 29.0 Å². The van der Waals surface area contributed by atoms with E-state index in [0.29, 0.717) is 5.88 Å². The Balaban J connectivity index is 2.30. The van der Waals surface area contributed by atoms with Gasteiger partial charge in [-0.05, 0) is 55.4 Å². The molecule has 19 heavy (non-hydrogen) atoms. The minimum absolute atomic E-state index is 0.356. The van der Waals surface area contributed by atoms with Crippen LogP contribution in [-0.4, -0.2) is 12.3 Å². The van der Waals surface area contributed by atoms with E-state index in [1.165, 1.54) is 29.5 Å². The maximum absolute atomic E-state index is 5.88. The second kappa shape index (κ2) is 4.61. The van der Waals surface area contributed by atoms with Crippen LogP contribution in [0.1, 0.15) is 29.5 Å². The predicted molar refractivity (Wildman–Crippen MR) is 74.3 cm³/mol. The van der Waals surface area contributed by atoms with Crippen molar-refractivity contribution in [1.29, 1.82) is 0 Å². The van der Waals surface area contributed by atoms with Gasteiger partial charge in [-0.3, -0.25) is 0 Å². The van der Waals surface area contributed by atoms with E-state index in [-0.39, 0.29) is 0 Å². The fraction of sp³-hybridized carbons (Fsp3) is 0.400. The van der Waals surface area contributed by atoms with Crippen LogP contribution < -0.4 is 10.5 Å². The van der Waals surface area contributed by atoms with Crippen LogP contribution in [0.5, 0.6) is 5.75 Å². The van der Waals surface area contributed by atoms with Crippen LogP contribution in [0.3, 0.4) is 0 Å². The fourth-order valence-electron chi connectivity index (χ4n) is 3.01. The lowest BCUT2D eigenvalue weighted by Gasteiger charge is -2.23. The average molecular weight is 258 g/mol. The van der Waals surface area contributed by atoms with Gasteiger partial charge in [-0.25, -0.2) is 0 Å². The lowest BCUT2D eigenvalue weighted by Crippen LogP contribution is -2.08. The molecule has 0 saturated carbocycles. The van der Waals surface area contributed by atoms with E-state index >= 15 is 0 Å². The standard InChI is InChI=1S/C15H18N2O2/c1-9-7-13(18-2)14(12-8-17-19-15(12)16)11-6-4-3-5-10(9)11/h7-8H,3-6,16H2,1-2H3. The molecule has 0 radical (unpaired) electrons. The minimum atomic E-state index is 0.356. The molecule has 0 bridgehead atoms. The van der Waals surface area contributed by atoms with Gasteiger partial charge in [-0.15, -0.1) is 0 Å². The molecule has 0 saturated heterocycles. The Kier molecular flexibility index (Phi) is 2.93. The van der Waals surface area contributed by atoms with E-state index in [4.69, 9.17) is 15.0 Å². The smallest absolute Gasteiger partial charge is 0.230 e. The molecule has 0 amide bonds. The van der Waals surface area contributed by atoms with E-state index in [0.717, 1.165) is 29.7 Å². The summed E-state index contributed by atoms with van der Waals surface area (Å²) in [5.74, 6) is 1.21. The van der Waals surface area contributed by atoms with Crippen LogP contribution in [-0.2, 0) is 12.8 Å². The number of anilines is 1. The topological polar surface area (TPSA) is 61.3 Å². The maximum Gasteiger partial charge on any atom is 0.230 e. The first-order valence-corrected chi connectivity index (χ1v) is 6.62. The van der Waals surface area contributed by atoms with Crippen LogP contribution in [0.25, 0.3) is 11.1 Å². The molecule has 2 N–H and O–H groups in total. The van der Waals surface area contributed by atoms with Crippen molar-refractivity contribution in [2.45, 2.75) is 32.6 Å².